The van der Waals surface area contributed by atoms with E-state index in [2.05, 4.69) is 9.44 Å². The Kier molecular flexibility index (Phi) is 5.22. The number of nitrogens with two attached hydrogens (primary N) is 1. The normalized spacial score (nSPS) is 12.2. The first kappa shape index (κ1) is 17.3. The summed E-state index contributed by atoms with van der Waals surface area (Å²) < 4.78 is 49.7. The van der Waals surface area contributed by atoms with Gasteiger partial charge in [0.1, 0.15) is 4.90 Å². The highest BCUT2D eigenvalue weighted by Gasteiger charge is 2.19. The van der Waals surface area contributed by atoms with Crippen LogP contribution >= 0.6 is 0 Å². The second-order valence-electron chi connectivity index (χ2n) is 4.04. The zero-order valence-corrected chi connectivity index (χ0v) is 12.6. The number of nitro groups is 1. The van der Waals surface area contributed by atoms with E-state index in [0.717, 1.165) is 24.5 Å². The van der Waals surface area contributed by atoms with Crippen molar-refractivity contribution in [2.75, 3.05) is 25.1 Å². The van der Waals surface area contributed by atoms with Crippen molar-refractivity contribution in [3.63, 3.8) is 0 Å². The highest BCUT2D eigenvalue weighted by molar-refractivity contribution is 7.89. The van der Waals surface area contributed by atoms with Crippen LogP contribution in [0.15, 0.2) is 23.1 Å². The molecule has 0 heterocycles. The first-order chi connectivity index (χ1) is 9.53. The molecule has 10 nitrogen and oxygen atoms in total. The minimum Gasteiger partial charge on any atom is -0.397 e. The molecule has 0 amide bonds. The van der Waals surface area contributed by atoms with Crippen LogP contribution < -0.4 is 15.2 Å². The Hall–Kier alpha value is -1.76. The average molecular weight is 338 g/mol. The maximum Gasteiger partial charge on any atom is 0.271 e. The minimum atomic E-state index is -3.98. The molecular weight excluding hydrogens is 324 g/mol. The van der Waals surface area contributed by atoms with Crippen LogP contribution in [-0.4, -0.2) is 41.1 Å². The lowest BCUT2D eigenvalue weighted by Crippen LogP contribution is -2.34. The Bertz CT molecular complexity index is 744. The molecule has 0 saturated carbocycles. The number of nitro benzene ring substituents is 1. The average Bonchev–Trinajstić information content (AvgIpc) is 2.33. The summed E-state index contributed by atoms with van der Waals surface area (Å²) >= 11 is 0. The summed E-state index contributed by atoms with van der Waals surface area (Å²) in [5.41, 5.74) is 4.88. The lowest BCUT2D eigenvalue weighted by atomic mass is 10.3. The van der Waals surface area contributed by atoms with E-state index in [1.165, 1.54) is 0 Å². The molecule has 0 unspecified atom stereocenters. The molecule has 0 atom stereocenters. The van der Waals surface area contributed by atoms with E-state index in [4.69, 9.17) is 5.73 Å². The van der Waals surface area contributed by atoms with E-state index < -0.39 is 25.0 Å². The van der Waals surface area contributed by atoms with Crippen LogP contribution in [0.3, 0.4) is 0 Å². The Morgan fingerprint density at radius 2 is 1.76 bits per heavy atom. The van der Waals surface area contributed by atoms with Crippen molar-refractivity contribution < 1.29 is 21.8 Å². The zero-order valence-electron chi connectivity index (χ0n) is 10.9. The van der Waals surface area contributed by atoms with Crippen LogP contribution in [0.5, 0.6) is 0 Å². The van der Waals surface area contributed by atoms with E-state index in [1.54, 1.807) is 0 Å². The summed E-state index contributed by atoms with van der Waals surface area (Å²) in [7, 11) is -7.40. The van der Waals surface area contributed by atoms with E-state index in [0.29, 0.717) is 0 Å². The Morgan fingerprint density at radius 1 is 1.19 bits per heavy atom. The number of non-ortho nitro benzene ring substituents is 1. The van der Waals surface area contributed by atoms with Gasteiger partial charge >= 0.3 is 0 Å². The van der Waals surface area contributed by atoms with Crippen molar-refractivity contribution in [2.45, 2.75) is 4.90 Å². The third kappa shape index (κ3) is 5.26. The topological polar surface area (TPSA) is 162 Å². The summed E-state index contributed by atoms with van der Waals surface area (Å²) in [5.74, 6) is 0. The minimum absolute atomic E-state index is 0.134. The molecule has 0 saturated heterocycles. The standard InChI is InChI=1S/C9H14N4O6S2/c1-20(16,17)11-4-5-12-21(18,19)9-3-2-7(13(14)15)6-8(9)10/h2-3,6,11-12H,4-5,10H2,1H3. The second-order valence-corrected chi connectivity index (χ2v) is 7.61. The van der Waals surface area contributed by atoms with Crippen LogP contribution in [0.25, 0.3) is 0 Å². The molecule has 0 aromatic heterocycles. The highest BCUT2D eigenvalue weighted by atomic mass is 32.2. The SMILES string of the molecule is CS(=O)(=O)NCCNS(=O)(=O)c1ccc([N+](=O)[O-])cc1N. The predicted molar refractivity (Wildman–Crippen MR) is 75.5 cm³/mol. The van der Waals surface area contributed by atoms with Crippen molar-refractivity contribution in [3.8, 4) is 0 Å². The maximum atomic E-state index is 11.9. The number of rotatable bonds is 7. The lowest BCUT2D eigenvalue weighted by molar-refractivity contribution is -0.384. The fourth-order valence-corrected chi connectivity index (χ4v) is 3.01. The molecule has 0 bridgehead atoms. The van der Waals surface area contributed by atoms with Crippen LogP contribution in [-0.2, 0) is 20.0 Å². The monoisotopic (exact) mass is 338 g/mol. The van der Waals surface area contributed by atoms with Crippen molar-refractivity contribution in [2.24, 2.45) is 0 Å². The van der Waals surface area contributed by atoms with Gasteiger partial charge in [-0.1, -0.05) is 0 Å². The molecule has 0 aliphatic carbocycles. The molecule has 0 spiro atoms. The molecule has 0 fully saturated rings. The number of nitrogens with one attached hydrogen (secondary N) is 2. The van der Waals surface area contributed by atoms with Gasteiger partial charge < -0.3 is 5.73 Å². The number of anilines is 1. The Labute approximate surface area is 121 Å². The molecule has 1 rings (SSSR count). The number of sulfonamides is 2. The van der Waals surface area contributed by atoms with E-state index in [-0.39, 0.29) is 29.4 Å². The van der Waals surface area contributed by atoms with Crippen LogP contribution in [0, 0.1) is 10.1 Å². The Morgan fingerprint density at radius 3 is 2.24 bits per heavy atom. The number of nitrogen functional groups attached to an aromatic ring is 1. The van der Waals surface area contributed by atoms with Gasteiger partial charge in [0.15, 0.2) is 0 Å². The van der Waals surface area contributed by atoms with Gasteiger partial charge in [0, 0.05) is 25.2 Å². The largest absolute Gasteiger partial charge is 0.397 e. The number of benzene rings is 1. The molecule has 1 aromatic rings. The quantitative estimate of drug-likeness (QED) is 0.249. The van der Waals surface area contributed by atoms with Crippen LogP contribution in [0.2, 0.25) is 0 Å². The molecule has 21 heavy (non-hydrogen) atoms. The predicted octanol–water partition coefficient (Wildman–Crippen LogP) is -0.995. The second kappa shape index (κ2) is 6.34. The van der Waals surface area contributed by atoms with Gasteiger partial charge in [-0.15, -0.1) is 0 Å². The third-order valence-electron chi connectivity index (χ3n) is 2.28. The van der Waals surface area contributed by atoms with Gasteiger partial charge in [0.25, 0.3) is 5.69 Å². The third-order valence-corrected chi connectivity index (χ3v) is 4.54. The van der Waals surface area contributed by atoms with Gasteiger partial charge in [0.05, 0.1) is 16.9 Å². The lowest BCUT2D eigenvalue weighted by Gasteiger charge is -2.09. The van der Waals surface area contributed by atoms with Gasteiger partial charge in [-0.2, -0.15) is 0 Å². The van der Waals surface area contributed by atoms with Crippen LogP contribution in [0.4, 0.5) is 11.4 Å². The first-order valence-electron chi connectivity index (χ1n) is 5.51. The Balaban J connectivity index is 2.81. The molecule has 12 heteroatoms. The molecule has 118 valence electrons. The summed E-state index contributed by atoms with van der Waals surface area (Å²) in [6.45, 7) is -0.323. The van der Waals surface area contributed by atoms with Crippen molar-refractivity contribution in [3.05, 3.63) is 28.3 Å². The van der Waals surface area contributed by atoms with E-state index in [9.17, 15) is 26.9 Å². The summed E-state index contributed by atoms with van der Waals surface area (Å²) in [6, 6.07) is 2.96. The van der Waals surface area contributed by atoms with Crippen molar-refractivity contribution in [1.29, 1.82) is 0 Å². The van der Waals surface area contributed by atoms with Crippen molar-refractivity contribution >= 4 is 31.4 Å². The first-order valence-corrected chi connectivity index (χ1v) is 8.88. The maximum absolute atomic E-state index is 11.9. The summed E-state index contributed by atoms with van der Waals surface area (Å²) in [4.78, 5) is 9.53. The van der Waals surface area contributed by atoms with Crippen molar-refractivity contribution in [1.82, 2.24) is 9.44 Å². The highest BCUT2D eigenvalue weighted by Crippen LogP contribution is 2.23. The molecule has 1 aromatic carbocycles. The summed E-state index contributed by atoms with van der Waals surface area (Å²) in [6.07, 6.45) is 0.940. The molecule has 0 radical (unpaired) electrons. The van der Waals surface area contributed by atoms with Gasteiger partial charge in [-0.3, -0.25) is 10.1 Å². The molecule has 4 N–H and O–H groups in total. The van der Waals surface area contributed by atoms with E-state index >= 15 is 0 Å². The molecule has 0 aliphatic rings. The summed E-state index contributed by atoms with van der Waals surface area (Å²) in [5, 5.41) is 10.5. The fraction of sp³-hybridized carbons (Fsp3) is 0.333. The smallest absolute Gasteiger partial charge is 0.271 e. The number of hydrogen-bond donors (Lipinski definition) is 3. The zero-order chi connectivity index (χ0) is 16.3. The molecular formula is C9H14N4O6S2. The van der Waals surface area contributed by atoms with Gasteiger partial charge in [-0.05, 0) is 6.07 Å². The van der Waals surface area contributed by atoms with Crippen LogP contribution in [0.1, 0.15) is 0 Å². The number of nitrogens with zero attached hydrogens (tertiary/aromatic N) is 1. The fourth-order valence-electron chi connectivity index (χ4n) is 1.39. The number of hydrogen-bond acceptors (Lipinski definition) is 7. The van der Waals surface area contributed by atoms with Gasteiger partial charge in [0.2, 0.25) is 20.0 Å². The van der Waals surface area contributed by atoms with Gasteiger partial charge in [-0.25, -0.2) is 26.3 Å². The molecule has 0 aliphatic heterocycles. The van der Waals surface area contributed by atoms with E-state index in [1.807, 2.05) is 0 Å².